The summed E-state index contributed by atoms with van der Waals surface area (Å²) in [5.41, 5.74) is 0.701. The normalized spacial score (nSPS) is 10.1. The molecule has 16 heavy (non-hydrogen) atoms. The van der Waals surface area contributed by atoms with E-state index in [-0.39, 0.29) is 5.78 Å². The van der Waals surface area contributed by atoms with Gasteiger partial charge in [-0.2, -0.15) is 5.26 Å². The molecule has 0 unspecified atom stereocenters. The van der Waals surface area contributed by atoms with Crippen molar-refractivity contribution in [1.29, 1.82) is 5.26 Å². The molecule has 1 rings (SSSR count). The molecule has 0 aliphatic heterocycles. The van der Waals surface area contributed by atoms with Gasteiger partial charge in [0.2, 0.25) is 0 Å². The zero-order valence-corrected chi connectivity index (χ0v) is 10.7. The van der Waals surface area contributed by atoms with E-state index in [0.29, 0.717) is 25.1 Å². The first-order valence-electron chi connectivity index (χ1n) is 4.97. The van der Waals surface area contributed by atoms with Gasteiger partial charge in [-0.15, -0.1) is 0 Å². The first-order chi connectivity index (χ1) is 7.63. The van der Waals surface area contributed by atoms with Crippen molar-refractivity contribution in [3.8, 4) is 6.07 Å². The molecule has 0 bridgehead atoms. The number of hydrogen-bond acceptors (Lipinski definition) is 3. The summed E-state index contributed by atoms with van der Waals surface area (Å²) >= 11 is 3.32. The molecule has 0 heterocycles. The first-order valence-corrected chi connectivity index (χ1v) is 5.77. The molecular formula is C12H13BrN2O. The van der Waals surface area contributed by atoms with E-state index in [9.17, 15) is 4.79 Å². The van der Waals surface area contributed by atoms with Crippen LogP contribution in [0.4, 0.5) is 0 Å². The number of nitrogens with zero attached hydrogens (tertiary/aromatic N) is 2. The Bertz CT molecular complexity index is 394. The smallest absolute Gasteiger partial charge is 0.176 e. The number of Topliss-reactive ketones (excluding diaryl/α,β-unsaturated/α-hetero) is 1. The maximum absolute atomic E-state index is 11.8. The topological polar surface area (TPSA) is 44.1 Å². The van der Waals surface area contributed by atoms with Gasteiger partial charge in [0.15, 0.2) is 5.78 Å². The third kappa shape index (κ3) is 4.13. The van der Waals surface area contributed by atoms with Gasteiger partial charge in [0.1, 0.15) is 0 Å². The van der Waals surface area contributed by atoms with Crippen LogP contribution in [0.3, 0.4) is 0 Å². The zero-order valence-electron chi connectivity index (χ0n) is 9.11. The van der Waals surface area contributed by atoms with Gasteiger partial charge in [0, 0.05) is 23.0 Å². The molecule has 1 aromatic rings. The average molecular weight is 281 g/mol. The van der Waals surface area contributed by atoms with E-state index >= 15 is 0 Å². The summed E-state index contributed by atoms with van der Waals surface area (Å²) in [7, 11) is 1.84. The molecule has 3 nitrogen and oxygen atoms in total. The van der Waals surface area contributed by atoms with Crippen LogP contribution in [0.1, 0.15) is 16.8 Å². The summed E-state index contributed by atoms with van der Waals surface area (Å²) in [5.74, 6) is 0.0768. The molecule has 0 aromatic heterocycles. The molecule has 0 N–H and O–H groups in total. The summed E-state index contributed by atoms with van der Waals surface area (Å²) in [6.07, 6.45) is 0.449. The lowest BCUT2D eigenvalue weighted by Crippen LogP contribution is -2.26. The fourth-order valence-corrected chi connectivity index (χ4v) is 1.56. The van der Waals surface area contributed by atoms with E-state index in [4.69, 9.17) is 5.26 Å². The SMILES string of the molecule is CN(CCC#N)CC(=O)c1ccc(Br)cc1. The number of hydrogen-bond donors (Lipinski definition) is 0. The van der Waals surface area contributed by atoms with Crippen molar-refractivity contribution < 1.29 is 4.79 Å². The second-order valence-electron chi connectivity index (χ2n) is 3.58. The lowest BCUT2D eigenvalue weighted by Gasteiger charge is -2.13. The summed E-state index contributed by atoms with van der Waals surface area (Å²) in [6.45, 7) is 0.974. The van der Waals surface area contributed by atoms with Crippen LogP contribution in [-0.2, 0) is 0 Å². The van der Waals surface area contributed by atoms with Gasteiger partial charge in [-0.3, -0.25) is 9.69 Å². The zero-order chi connectivity index (χ0) is 12.0. The Hall–Kier alpha value is -1.18. The molecule has 4 heteroatoms. The second-order valence-corrected chi connectivity index (χ2v) is 4.49. The maximum Gasteiger partial charge on any atom is 0.176 e. The molecule has 0 atom stereocenters. The van der Waals surface area contributed by atoms with Crippen molar-refractivity contribution in [3.05, 3.63) is 34.3 Å². The van der Waals surface area contributed by atoms with Gasteiger partial charge in [0.05, 0.1) is 12.6 Å². The molecule has 0 spiro atoms. The lowest BCUT2D eigenvalue weighted by atomic mass is 10.1. The number of benzene rings is 1. The Balaban J connectivity index is 2.52. The first kappa shape index (κ1) is 12.9. The average Bonchev–Trinajstić information content (AvgIpc) is 2.27. The fraction of sp³-hybridized carbons (Fsp3) is 0.333. The molecule has 0 amide bonds. The summed E-state index contributed by atoms with van der Waals surface area (Å²) in [5, 5.41) is 8.43. The Labute approximate surface area is 104 Å². The number of nitriles is 1. The van der Waals surface area contributed by atoms with Gasteiger partial charge in [-0.25, -0.2) is 0 Å². The fourth-order valence-electron chi connectivity index (χ4n) is 1.29. The van der Waals surface area contributed by atoms with Crippen LogP contribution in [-0.4, -0.2) is 30.8 Å². The van der Waals surface area contributed by atoms with Gasteiger partial charge in [0.25, 0.3) is 0 Å². The number of ketones is 1. The van der Waals surface area contributed by atoms with Crippen LogP contribution in [0.15, 0.2) is 28.7 Å². The van der Waals surface area contributed by atoms with E-state index in [0.717, 1.165) is 4.47 Å². The molecule has 1 aromatic carbocycles. The predicted octanol–water partition coefficient (Wildman–Crippen LogP) is 2.48. The van der Waals surface area contributed by atoms with Crippen LogP contribution < -0.4 is 0 Å². The van der Waals surface area contributed by atoms with E-state index < -0.39 is 0 Å². The standard InChI is InChI=1S/C12H13BrN2O/c1-15(8-2-7-14)9-12(16)10-3-5-11(13)6-4-10/h3-6H,2,8-9H2,1H3. The highest BCUT2D eigenvalue weighted by Gasteiger charge is 2.08. The molecule has 0 saturated carbocycles. The third-order valence-corrected chi connectivity index (χ3v) is 2.71. The van der Waals surface area contributed by atoms with Crippen molar-refractivity contribution in [3.63, 3.8) is 0 Å². The lowest BCUT2D eigenvalue weighted by molar-refractivity contribution is 0.0947. The summed E-state index contributed by atoms with van der Waals surface area (Å²) in [4.78, 5) is 13.6. The predicted molar refractivity (Wildman–Crippen MR) is 66.2 cm³/mol. The Kier molecular flexibility index (Phi) is 5.17. The Morgan fingerprint density at radius 2 is 2.06 bits per heavy atom. The Morgan fingerprint density at radius 1 is 1.44 bits per heavy atom. The quantitative estimate of drug-likeness (QED) is 0.779. The molecule has 0 radical (unpaired) electrons. The highest BCUT2D eigenvalue weighted by Crippen LogP contribution is 2.11. The van der Waals surface area contributed by atoms with Gasteiger partial charge >= 0.3 is 0 Å². The van der Waals surface area contributed by atoms with E-state index in [1.807, 2.05) is 24.1 Å². The molecular weight excluding hydrogens is 268 g/mol. The van der Waals surface area contributed by atoms with Crippen molar-refractivity contribution in [2.45, 2.75) is 6.42 Å². The van der Waals surface area contributed by atoms with Crippen LogP contribution in [0.2, 0.25) is 0 Å². The van der Waals surface area contributed by atoms with Gasteiger partial charge in [-0.05, 0) is 19.2 Å². The van der Waals surface area contributed by atoms with Gasteiger partial charge < -0.3 is 0 Å². The van der Waals surface area contributed by atoms with Crippen LogP contribution in [0, 0.1) is 11.3 Å². The molecule has 0 fully saturated rings. The van der Waals surface area contributed by atoms with Crippen LogP contribution >= 0.6 is 15.9 Å². The van der Waals surface area contributed by atoms with Crippen molar-refractivity contribution >= 4 is 21.7 Å². The third-order valence-electron chi connectivity index (χ3n) is 2.19. The highest BCUT2D eigenvalue weighted by molar-refractivity contribution is 9.10. The number of carbonyl (C=O) groups is 1. The van der Waals surface area contributed by atoms with Crippen LogP contribution in [0.25, 0.3) is 0 Å². The van der Waals surface area contributed by atoms with Crippen LogP contribution in [0.5, 0.6) is 0 Å². The minimum Gasteiger partial charge on any atom is -0.298 e. The van der Waals surface area contributed by atoms with E-state index in [1.165, 1.54) is 0 Å². The number of halogens is 1. The van der Waals surface area contributed by atoms with Crippen molar-refractivity contribution in [2.75, 3.05) is 20.1 Å². The summed E-state index contributed by atoms with van der Waals surface area (Å²) in [6, 6.07) is 9.35. The van der Waals surface area contributed by atoms with E-state index in [1.54, 1.807) is 12.1 Å². The highest BCUT2D eigenvalue weighted by atomic mass is 79.9. The minimum absolute atomic E-state index is 0.0768. The van der Waals surface area contributed by atoms with Crippen molar-refractivity contribution in [2.24, 2.45) is 0 Å². The molecule has 0 aliphatic rings. The largest absolute Gasteiger partial charge is 0.298 e. The maximum atomic E-state index is 11.8. The van der Waals surface area contributed by atoms with Gasteiger partial charge in [-0.1, -0.05) is 28.1 Å². The van der Waals surface area contributed by atoms with Crippen molar-refractivity contribution in [1.82, 2.24) is 4.90 Å². The van der Waals surface area contributed by atoms with E-state index in [2.05, 4.69) is 22.0 Å². The molecule has 84 valence electrons. The number of likely N-dealkylation sites (N-methyl/N-ethyl adjacent to an activating group) is 1. The Morgan fingerprint density at radius 3 is 2.62 bits per heavy atom. The second kappa shape index (κ2) is 6.41. The molecule has 0 saturated heterocycles. The summed E-state index contributed by atoms with van der Waals surface area (Å²) < 4.78 is 0.960. The minimum atomic E-state index is 0.0768. The molecule has 0 aliphatic carbocycles. The number of rotatable bonds is 5. The monoisotopic (exact) mass is 280 g/mol. The number of carbonyl (C=O) groups excluding carboxylic acids is 1.